The summed E-state index contributed by atoms with van der Waals surface area (Å²) in [5.74, 6) is 0. The third-order valence-corrected chi connectivity index (χ3v) is 2.76. The molecule has 0 bridgehead atoms. The molecule has 0 aliphatic rings. The van der Waals surface area contributed by atoms with Gasteiger partial charge in [-0.15, -0.1) is 0 Å². The number of hydrogen-bond acceptors (Lipinski definition) is 4. The van der Waals surface area contributed by atoms with Crippen LogP contribution < -0.4 is 10.6 Å². The molecule has 4 nitrogen and oxygen atoms in total. The Labute approximate surface area is 105 Å². The number of nitrogens with two attached hydrogens (primary N) is 1. The fourth-order valence-electron chi connectivity index (χ4n) is 1.59. The molecular formula is C11H18BrN3O. The maximum absolute atomic E-state index is 9.85. The fraction of sp³-hybridized carbons (Fsp3) is 0.545. The van der Waals surface area contributed by atoms with Crippen LogP contribution in [0.25, 0.3) is 0 Å². The summed E-state index contributed by atoms with van der Waals surface area (Å²) in [5, 5.41) is 9.85. The van der Waals surface area contributed by atoms with Gasteiger partial charge in [0.2, 0.25) is 0 Å². The second kappa shape index (κ2) is 5.01. The lowest BCUT2D eigenvalue weighted by Crippen LogP contribution is -2.39. The van der Waals surface area contributed by atoms with Gasteiger partial charge in [0.05, 0.1) is 27.6 Å². The zero-order chi connectivity index (χ0) is 12.3. The van der Waals surface area contributed by atoms with Crippen molar-refractivity contribution in [3.8, 4) is 0 Å². The van der Waals surface area contributed by atoms with Crippen LogP contribution in [0.4, 0.5) is 11.4 Å². The van der Waals surface area contributed by atoms with Crippen LogP contribution in [-0.2, 0) is 0 Å². The standard InChI is InChI=1S/C11H18BrN3O/c1-4-15(7-11(2,3)16)10-8(12)5-14-6-9(10)13/h5-6,16H,4,7,13H2,1-3H3. The molecule has 90 valence electrons. The second-order valence-corrected chi connectivity index (χ2v) is 5.24. The quantitative estimate of drug-likeness (QED) is 0.890. The average molecular weight is 288 g/mol. The van der Waals surface area contributed by atoms with Crippen molar-refractivity contribution in [2.45, 2.75) is 26.4 Å². The molecule has 0 unspecified atom stereocenters. The van der Waals surface area contributed by atoms with E-state index in [1.54, 1.807) is 26.2 Å². The number of anilines is 2. The second-order valence-electron chi connectivity index (χ2n) is 4.39. The minimum Gasteiger partial charge on any atom is -0.396 e. The molecule has 1 aromatic rings. The highest BCUT2D eigenvalue weighted by atomic mass is 79.9. The first-order chi connectivity index (χ1) is 7.35. The maximum atomic E-state index is 9.85. The highest BCUT2D eigenvalue weighted by molar-refractivity contribution is 9.10. The summed E-state index contributed by atoms with van der Waals surface area (Å²) in [6.45, 7) is 6.88. The molecule has 0 amide bonds. The van der Waals surface area contributed by atoms with E-state index in [9.17, 15) is 5.11 Å². The van der Waals surface area contributed by atoms with Crippen LogP contribution in [0.5, 0.6) is 0 Å². The lowest BCUT2D eigenvalue weighted by Gasteiger charge is -2.31. The van der Waals surface area contributed by atoms with E-state index in [1.165, 1.54) is 0 Å². The van der Waals surface area contributed by atoms with Crippen molar-refractivity contribution < 1.29 is 5.11 Å². The Hall–Kier alpha value is -0.810. The molecule has 0 saturated heterocycles. The van der Waals surface area contributed by atoms with Crippen molar-refractivity contribution in [1.82, 2.24) is 4.98 Å². The van der Waals surface area contributed by atoms with Gasteiger partial charge in [0.1, 0.15) is 0 Å². The van der Waals surface area contributed by atoms with E-state index in [4.69, 9.17) is 5.73 Å². The third kappa shape index (κ3) is 3.35. The summed E-state index contributed by atoms with van der Waals surface area (Å²) >= 11 is 3.43. The summed E-state index contributed by atoms with van der Waals surface area (Å²) in [6, 6.07) is 0. The minimum absolute atomic E-state index is 0.524. The summed E-state index contributed by atoms with van der Waals surface area (Å²) < 4.78 is 0.846. The van der Waals surface area contributed by atoms with Crippen molar-refractivity contribution >= 4 is 27.3 Å². The fourth-order valence-corrected chi connectivity index (χ4v) is 2.19. The van der Waals surface area contributed by atoms with Crippen LogP contribution in [0.1, 0.15) is 20.8 Å². The normalized spacial score (nSPS) is 11.6. The van der Waals surface area contributed by atoms with Crippen molar-refractivity contribution in [1.29, 1.82) is 0 Å². The Balaban J connectivity index is 3.04. The molecule has 1 aromatic heterocycles. The molecule has 0 aliphatic carbocycles. The molecule has 0 aliphatic heterocycles. The van der Waals surface area contributed by atoms with Crippen LogP contribution in [0.15, 0.2) is 16.9 Å². The lowest BCUT2D eigenvalue weighted by molar-refractivity contribution is 0.0876. The van der Waals surface area contributed by atoms with Gasteiger partial charge in [-0.2, -0.15) is 0 Å². The highest BCUT2D eigenvalue weighted by Gasteiger charge is 2.20. The van der Waals surface area contributed by atoms with Crippen LogP contribution in [-0.4, -0.2) is 28.8 Å². The Morgan fingerprint density at radius 3 is 2.56 bits per heavy atom. The van der Waals surface area contributed by atoms with Crippen molar-refractivity contribution in [3.05, 3.63) is 16.9 Å². The number of nitrogen functional groups attached to an aromatic ring is 1. The Morgan fingerprint density at radius 2 is 2.12 bits per heavy atom. The SMILES string of the molecule is CCN(CC(C)(C)O)c1c(N)cncc1Br. The van der Waals surface area contributed by atoms with Gasteiger partial charge in [-0.05, 0) is 36.7 Å². The van der Waals surface area contributed by atoms with E-state index in [1.807, 2.05) is 11.8 Å². The van der Waals surface area contributed by atoms with Crippen LogP contribution in [0.2, 0.25) is 0 Å². The van der Waals surface area contributed by atoms with Gasteiger partial charge < -0.3 is 15.7 Å². The lowest BCUT2D eigenvalue weighted by atomic mass is 10.1. The molecular weight excluding hydrogens is 270 g/mol. The molecule has 0 radical (unpaired) electrons. The number of rotatable bonds is 4. The van der Waals surface area contributed by atoms with E-state index >= 15 is 0 Å². The van der Waals surface area contributed by atoms with Gasteiger partial charge in [0, 0.05) is 19.3 Å². The molecule has 1 rings (SSSR count). The zero-order valence-corrected chi connectivity index (χ0v) is 11.5. The molecule has 0 atom stereocenters. The van der Waals surface area contributed by atoms with Crippen LogP contribution in [0.3, 0.4) is 0 Å². The molecule has 3 N–H and O–H groups in total. The van der Waals surface area contributed by atoms with Gasteiger partial charge in [-0.3, -0.25) is 4.98 Å². The van der Waals surface area contributed by atoms with E-state index in [0.29, 0.717) is 12.2 Å². The number of halogens is 1. The van der Waals surface area contributed by atoms with Crippen molar-refractivity contribution in [2.24, 2.45) is 0 Å². The molecule has 0 spiro atoms. The summed E-state index contributed by atoms with van der Waals surface area (Å²) in [5.41, 5.74) is 6.64. The number of likely N-dealkylation sites (N-methyl/N-ethyl adjacent to an activating group) is 1. The van der Waals surface area contributed by atoms with Gasteiger partial charge in [0.25, 0.3) is 0 Å². The first-order valence-electron chi connectivity index (χ1n) is 5.21. The van der Waals surface area contributed by atoms with Gasteiger partial charge in [-0.25, -0.2) is 0 Å². The van der Waals surface area contributed by atoms with E-state index < -0.39 is 5.60 Å². The molecule has 16 heavy (non-hydrogen) atoms. The van der Waals surface area contributed by atoms with Gasteiger partial charge in [0.15, 0.2) is 0 Å². The van der Waals surface area contributed by atoms with E-state index in [0.717, 1.165) is 16.7 Å². The summed E-state index contributed by atoms with van der Waals surface area (Å²) in [7, 11) is 0. The smallest absolute Gasteiger partial charge is 0.0776 e. The Bertz CT molecular complexity index is 342. The largest absolute Gasteiger partial charge is 0.396 e. The number of aliphatic hydroxyl groups is 1. The molecule has 0 saturated carbocycles. The summed E-state index contributed by atoms with van der Waals surface area (Å²) in [4.78, 5) is 6.03. The number of aromatic nitrogens is 1. The molecule has 0 aromatic carbocycles. The number of hydrogen-bond donors (Lipinski definition) is 2. The predicted molar refractivity (Wildman–Crippen MR) is 70.5 cm³/mol. The molecule has 1 heterocycles. The minimum atomic E-state index is -0.759. The zero-order valence-electron chi connectivity index (χ0n) is 9.87. The van der Waals surface area contributed by atoms with Crippen LogP contribution >= 0.6 is 15.9 Å². The average Bonchev–Trinajstić information content (AvgIpc) is 2.14. The first kappa shape index (κ1) is 13.3. The van der Waals surface area contributed by atoms with Gasteiger partial charge >= 0.3 is 0 Å². The first-order valence-corrected chi connectivity index (χ1v) is 6.00. The number of pyridine rings is 1. The van der Waals surface area contributed by atoms with Gasteiger partial charge in [-0.1, -0.05) is 0 Å². The van der Waals surface area contributed by atoms with E-state index in [-0.39, 0.29) is 0 Å². The molecule has 0 fully saturated rings. The number of nitrogens with zero attached hydrogens (tertiary/aromatic N) is 2. The van der Waals surface area contributed by atoms with Crippen molar-refractivity contribution in [2.75, 3.05) is 23.7 Å². The summed E-state index contributed by atoms with van der Waals surface area (Å²) in [6.07, 6.45) is 3.33. The molecule has 5 heteroatoms. The Kier molecular flexibility index (Phi) is 4.15. The maximum Gasteiger partial charge on any atom is 0.0776 e. The predicted octanol–water partition coefficient (Wildman–Crippen LogP) is 2.02. The highest BCUT2D eigenvalue weighted by Crippen LogP contribution is 2.31. The Morgan fingerprint density at radius 1 is 1.50 bits per heavy atom. The van der Waals surface area contributed by atoms with E-state index in [2.05, 4.69) is 20.9 Å². The monoisotopic (exact) mass is 287 g/mol. The topological polar surface area (TPSA) is 62.4 Å². The van der Waals surface area contributed by atoms with Crippen LogP contribution in [0, 0.1) is 0 Å². The van der Waals surface area contributed by atoms with Crippen molar-refractivity contribution in [3.63, 3.8) is 0 Å². The third-order valence-electron chi connectivity index (χ3n) is 2.18.